The van der Waals surface area contributed by atoms with Crippen molar-refractivity contribution in [2.24, 2.45) is 0 Å². The molecule has 0 amide bonds. The molecule has 0 radical (unpaired) electrons. The molecule has 0 N–H and O–H groups in total. The highest BCUT2D eigenvalue weighted by molar-refractivity contribution is 6.00. The predicted octanol–water partition coefficient (Wildman–Crippen LogP) is 20.0. The smallest absolute Gasteiger partial charge is 0.0714 e. The molecule has 2 atom stereocenters. The Morgan fingerprint density at radius 1 is 0.308 bits per heavy atom. The molecule has 12 aromatic rings. The molecule has 0 bridgehead atoms. The van der Waals surface area contributed by atoms with Crippen molar-refractivity contribution < 1.29 is 0 Å². The molecule has 12 aromatic carbocycles. The number of nitrogens with zero attached hydrogens (tertiary/aromatic N) is 1. The van der Waals surface area contributed by atoms with Gasteiger partial charge in [0.25, 0.3) is 0 Å². The second-order valence-electron chi connectivity index (χ2n) is 22.5. The third-order valence-electron chi connectivity index (χ3n) is 17.1. The molecule has 0 aromatic heterocycles. The summed E-state index contributed by atoms with van der Waals surface area (Å²) in [6.45, 7) is 9.09. The molecule has 78 heavy (non-hydrogen) atoms. The van der Waals surface area contributed by atoms with Gasteiger partial charge in [0.05, 0.1) is 16.5 Å². The van der Waals surface area contributed by atoms with Crippen LogP contribution in [0.15, 0.2) is 285 Å². The van der Waals surface area contributed by atoms with Gasteiger partial charge in [-0.1, -0.05) is 269 Å². The zero-order chi connectivity index (χ0) is 52.6. The minimum atomic E-state index is -0.617. The van der Waals surface area contributed by atoms with Crippen LogP contribution < -0.4 is 4.90 Å². The van der Waals surface area contributed by atoms with Crippen molar-refractivity contribution in [3.63, 3.8) is 0 Å². The first-order valence-electron chi connectivity index (χ1n) is 27.5. The summed E-state index contributed by atoms with van der Waals surface area (Å²) in [5.41, 5.74) is 24.6. The molecule has 372 valence electrons. The monoisotopic (exact) mass is 997 g/mol. The molecule has 1 nitrogen and oxygen atoms in total. The fourth-order valence-electron chi connectivity index (χ4n) is 13.3. The van der Waals surface area contributed by atoms with Crippen LogP contribution in [0.3, 0.4) is 0 Å². The second-order valence-corrected chi connectivity index (χ2v) is 22.5. The number of anilines is 3. The van der Waals surface area contributed by atoms with Crippen molar-refractivity contribution >= 4 is 27.8 Å². The molecule has 0 spiro atoms. The number of rotatable bonds is 9. The normalized spacial score (nSPS) is 16.1. The van der Waals surface area contributed by atoms with Gasteiger partial charge >= 0.3 is 0 Å². The van der Waals surface area contributed by atoms with E-state index >= 15 is 0 Å². The van der Waals surface area contributed by atoms with Crippen LogP contribution in [-0.2, 0) is 16.2 Å². The Morgan fingerprint density at radius 2 is 0.769 bits per heavy atom. The Balaban J connectivity index is 1.03. The first kappa shape index (κ1) is 47.2. The minimum Gasteiger partial charge on any atom is -0.310 e. The van der Waals surface area contributed by atoms with Gasteiger partial charge in [0.2, 0.25) is 0 Å². The van der Waals surface area contributed by atoms with Gasteiger partial charge in [-0.15, -0.1) is 0 Å². The van der Waals surface area contributed by atoms with Crippen LogP contribution in [0.2, 0.25) is 0 Å². The summed E-state index contributed by atoms with van der Waals surface area (Å²) in [7, 11) is 0. The molecular formula is C77H59N. The molecule has 2 unspecified atom stereocenters. The summed E-state index contributed by atoms with van der Waals surface area (Å²) in [5, 5.41) is 2.48. The maximum atomic E-state index is 2.55. The summed E-state index contributed by atoms with van der Waals surface area (Å²) in [6, 6.07) is 107. The van der Waals surface area contributed by atoms with Crippen molar-refractivity contribution in [1.82, 2.24) is 0 Å². The van der Waals surface area contributed by atoms with E-state index < -0.39 is 10.8 Å². The van der Waals surface area contributed by atoms with Crippen LogP contribution in [0.4, 0.5) is 17.1 Å². The van der Waals surface area contributed by atoms with E-state index in [0.29, 0.717) is 0 Å². The van der Waals surface area contributed by atoms with E-state index in [1.807, 2.05) is 0 Å². The van der Waals surface area contributed by atoms with Gasteiger partial charge in [-0.05, 0) is 155 Å². The van der Waals surface area contributed by atoms with E-state index in [1.54, 1.807) is 0 Å². The highest BCUT2D eigenvalue weighted by atomic mass is 15.1. The van der Waals surface area contributed by atoms with Crippen LogP contribution in [-0.4, -0.2) is 0 Å². The zero-order valence-electron chi connectivity index (χ0n) is 44.6. The first-order chi connectivity index (χ1) is 38.2. The second kappa shape index (κ2) is 18.5. The lowest BCUT2D eigenvalue weighted by Crippen LogP contribution is -2.29. The molecule has 0 aliphatic heterocycles. The zero-order valence-corrected chi connectivity index (χ0v) is 44.6. The van der Waals surface area contributed by atoms with Gasteiger partial charge in [-0.25, -0.2) is 0 Å². The third kappa shape index (κ3) is 7.37. The quantitative estimate of drug-likeness (QED) is 0.139. The summed E-state index contributed by atoms with van der Waals surface area (Å²) in [4.78, 5) is 2.55. The Hall–Kier alpha value is -9.30. The third-order valence-corrected chi connectivity index (χ3v) is 17.1. The molecule has 1 heteroatoms. The van der Waals surface area contributed by atoms with Crippen LogP contribution in [0, 0.1) is 6.92 Å². The molecule has 0 fully saturated rings. The summed E-state index contributed by atoms with van der Waals surface area (Å²) < 4.78 is 0. The van der Waals surface area contributed by atoms with Crippen LogP contribution >= 0.6 is 0 Å². The number of hydrogen-bond donors (Lipinski definition) is 0. The van der Waals surface area contributed by atoms with Gasteiger partial charge < -0.3 is 4.90 Å². The Morgan fingerprint density at radius 3 is 1.38 bits per heavy atom. The van der Waals surface area contributed by atoms with E-state index in [2.05, 4.69) is 318 Å². The summed E-state index contributed by atoms with van der Waals surface area (Å²) in [5.74, 6) is 0. The van der Waals surface area contributed by atoms with E-state index in [4.69, 9.17) is 0 Å². The Bertz CT molecular complexity index is 4190. The largest absolute Gasteiger partial charge is 0.310 e. The molecule has 2 aliphatic carbocycles. The highest BCUT2D eigenvalue weighted by Gasteiger charge is 2.49. The molecular weight excluding hydrogens is 939 g/mol. The van der Waals surface area contributed by atoms with Gasteiger partial charge in [0.1, 0.15) is 0 Å². The van der Waals surface area contributed by atoms with Crippen LogP contribution in [0.1, 0.15) is 76.4 Å². The lowest BCUT2D eigenvalue weighted by atomic mass is 9.67. The first-order valence-corrected chi connectivity index (χ1v) is 27.5. The fourth-order valence-corrected chi connectivity index (χ4v) is 13.3. The van der Waals surface area contributed by atoms with E-state index in [0.717, 1.165) is 17.1 Å². The van der Waals surface area contributed by atoms with Gasteiger partial charge in [0.15, 0.2) is 0 Å². The topological polar surface area (TPSA) is 3.24 Å². The van der Waals surface area contributed by atoms with E-state index in [1.165, 1.54) is 111 Å². The Kier molecular flexibility index (Phi) is 11.2. The summed E-state index contributed by atoms with van der Waals surface area (Å²) in [6.07, 6.45) is 0. The molecule has 0 saturated heterocycles. The predicted molar refractivity (Wildman–Crippen MR) is 328 cm³/mol. The highest BCUT2D eigenvalue weighted by Crippen LogP contribution is 2.62. The number of hydrogen-bond acceptors (Lipinski definition) is 1. The van der Waals surface area contributed by atoms with Crippen molar-refractivity contribution in [1.29, 1.82) is 0 Å². The van der Waals surface area contributed by atoms with Crippen molar-refractivity contribution in [3.8, 4) is 44.5 Å². The lowest BCUT2D eigenvalue weighted by Gasteiger charge is -2.36. The number of aryl methyl sites for hydroxylation is 1. The van der Waals surface area contributed by atoms with Gasteiger partial charge in [-0.3, -0.25) is 0 Å². The number of fused-ring (bicyclic) bond motifs is 7. The molecule has 14 rings (SSSR count). The maximum absolute atomic E-state index is 2.55. The average Bonchev–Trinajstić information content (AvgIpc) is 3.84. The van der Waals surface area contributed by atoms with Gasteiger partial charge in [-0.2, -0.15) is 0 Å². The SMILES string of the molecule is Cc1ccc(C2(c3ccccc3)c3cc(N(c4ccc(-c5ccc(-c6ccccc6)cc5)cc4)c4cccc5c4-c4ccccc4C5(c4ccccc4)c4ccc(C(C)(C)C)cc4)ccc3-c3cc4ccccc4cc32)cc1. The van der Waals surface area contributed by atoms with Crippen LogP contribution in [0.5, 0.6) is 0 Å². The van der Waals surface area contributed by atoms with Crippen molar-refractivity contribution in [2.45, 2.75) is 43.9 Å². The minimum absolute atomic E-state index is 0.0149. The molecule has 0 saturated carbocycles. The summed E-state index contributed by atoms with van der Waals surface area (Å²) >= 11 is 0. The standard InChI is InChI=1S/C77H59N/c1-52-31-39-62(40-32-52)77(61-25-12-7-13-26-61)71-50-58-22-15-14-21-57(58)49-68(71)66-48-47-65(51-72(66)77)78(64-45-37-56(38-46-64)55-35-33-54(34-36-55)53-19-8-5-9-20-53)73-30-18-29-70-74(73)67-27-16-17-28-69(67)76(70,60-23-10-6-11-24-60)63-43-41-59(42-44-63)75(2,3)4/h5-51H,1-4H3. The fraction of sp³-hybridized carbons (Fsp3) is 0.0909. The van der Waals surface area contributed by atoms with Crippen LogP contribution in [0.25, 0.3) is 55.3 Å². The number of benzene rings is 12. The van der Waals surface area contributed by atoms with Crippen molar-refractivity contribution in [3.05, 3.63) is 341 Å². The van der Waals surface area contributed by atoms with E-state index in [-0.39, 0.29) is 5.41 Å². The average molecular weight is 998 g/mol. The van der Waals surface area contributed by atoms with Gasteiger partial charge in [0, 0.05) is 16.9 Å². The molecule has 2 aliphatic rings. The van der Waals surface area contributed by atoms with E-state index in [9.17, 15) is 0 Å². The maximum Gasteiger partial charge on any atom is 0.0714 e. The lowest BCUT2D eigenvalue weighted by molar-refractivity contribution is 0.589. The Labute approximate surface area is 459 Å². The molecule has 0 heterocycles. The van der Waals surface area contributed by atoms with Crippen molar-refractivity contribution in [2.75, 3.05) is 4.90 Å².